The predicted octanol–water partition coefficient (Wildman–Crippen LogP) is 0.817. The topological polar surface area (TPSA) is 91.0 Å². The van der Waals surface area contributed by atoms with E-state index in [1.807, 2.05) is 0 Å². The molecule has 74 valence electrons. The molecule has 1 aromatic heterocycles. The molecule has 1 aromatic rings. The molecule has 0 radical (unpaired) electrons. The summed E-state index contributed by atoms with van der Waals surface area (Å²) >= 11 is 0. The molecule has 0 aromatic carbocycles. The van der Waals surface area contributed by atoms with E-state index in [9.17, 15) is 8.42 Å². The van der Waals surface area contributed by atoms with Crippen LogP contribution in [0.5, 0.6) is 0 Å². The molecule has 14 heavy (non-hydrogen) atoms. The first-order valence-corrected chi connectivity index (χ1v) is 5.16. The van der Waals surface area contributed by atoms with Gasteiger partial charge < -0.3 is 0 Å². The van der Waals surface area contributed by atoms with Crippen LogP contribution < -0.4 is 0 Å². The SMILES string of the molecule is Cc1cc(C)c(C#N)c(S(=O)(=O)O)n1. The van der Waals surface area contributed by atoms with Crippen LogP contribution in [0.3, 0.4) is 0 Å². The lowest BCUT2D eigenvalue weighted by Gasteiger charge is -2.03. The van der Waals surface area contributed by atoms with Gasteiger partial charge in [-0.3, -0.25) is 4.55 Å². The van der Waals surface area contributed by atoms with Gasteiger partial charge >= 0.3 is 10.1 Å². The molecular weight excluding hydrogens is 204 g/mol. The van der Waals surface area contributed by atoms with E-state index < -0.39 is 15.1 Å². The Morgan fingerprint density at radius 2 is 2.07 bits per heavy atom. The van der Waals surface area contributed by atoms with Crippen molar-refractivity contribution in [2.45, 2.75) is 18.9 Å². The summed E-state index contributed by atoms with van der Waals surface area (Å²) in [7, 11) is -4.42. The number of nitrogens with zero attached hydrogens (tertiary/aromatic N) is 2. The lowest BCUT2D eigenvalue weighted by Crippen LogP contribution is -2.07. The van der Waals surface area contributed by atoms with E-state index in [1.54, 1.807) is 26.0 Å². The Balaban J connectivity index is 3.68. The zero-order chi connectivity index (χ0) is 10.9. The quantitative estimate of drug-likeness (QED) is 0.696. The van der Waals surface area contributed by atoms with Crippen LogP contribution in [0.15, 0.2) is 11.1 Å². The maximum absolute atomic E-state index is 10.9. The molecule has 0 saturated heterocycles. The van der Waals surface area contributed by atoms with Crippen molar-refractivity contribution < 1.29 is 13.0 Å². The summed E-state index contributed by atoms with van der Waals surface area (Å²) in [6.07, 6.45) is 0. The standard InChI is InChI=1S/C8H8N2O3S/c1-5-3-6(2)10-8(7(5)4-9)14(11,12)13/h3H,1-2H3,(H,11,12,13). The minimum atomic E-state index is -4.42. The van der Waals surface area contributed by atoms with Crippen LogP contribution in [0.4, 0.5) is 0 Å². The largest absolute Gasteiger partial charge is 0.313 e. The molecule has 1 heterocycles. The lowest BCUT2D eigenvalue weighted by atomic mass is 10.1. The minimum Gasteiger partial charge on any atom is -0.281 e. The van der Waals surface area contributed by atoms with Gasteiger partial charge in [-0.15, -0.1) is 0 Å². The van der Waals surface area contributed by atoms with Crippen LogP contribution >= 0.6 is 0 Å². The summed E-state index contributed by atoms with van der Waals surface area (Å²) in [5, 5.41) is 8.12. The monoisotopic (exact) mass is 212 g/mol. The Hall–Kier alpha value is -1.45. The molecule has 0 atom stereocenters. The molecule has 0 fully saturated rings. The zero-order valence-corrected chi connectivity index (χ0v) is 8.46. The Kier molecular flexibility index (Phi) is 2.55. The number of hydrogen-bond donors (Lipinski definition) is 1. The molecule has 0 aliphatic heterocycles. The van der Waals surface area contributed by atoms with Gasteiger partial charge in [0.15, 0.2) is 0 Å². The number of hydrogen-bond acceptors (Lipinski definition) is 4. The number of aryl methyl sites for hydroxylation is 2. The fraction of sp³-hybridized carbons (Fsp3) is 0.250. The number of nitriles is 1. The van der Waals surface area contributed by atoms with Gasteiger partial charge in [-0.25, -0.2) is 4.98 Å². The van der Waals surface area contributed by atoms with Gasteiger partial charge in [0.25, 0.3) is 0 Å². The average molecular weight is 212 g/mol. The van der Waals surface area contributed by atoms with Gasteiger partial charge in [0.1, 0.15) is 6.07 Å². The molecule has 0 aliphatic carbocycles. The van der Waals surface area contributed by atoms with E-state index in [0.29, 0.717) is 11.3 Å². The maximum Gasteiger partial charge on any atom is 0.313 e. The van der Waals surface area contributed by atoms with Gasteiger partial charge in [0.05, 0.1) is 5.56 Å². The molecule has 0 aliphatic rings. The molecule has 1 rings (SSSR count). The zero-order valence-electron chi connectivity index (χ0n) is 7.64. The van der Waals surface area contributed by atoms with Crippen molar-refractivity contribution in [2.24, 2.45) is 0 Å². The number of aromatic nitrogens is 1. The van der Waals surface area contributed by atoms with E-state index in [2.05, 4.69) is 4.98 Å². The minimum absolute atomic E-state index is 0.113. The van der Waals surface area contributed by atoms with Crippen LogP contribution in [0.25, 0.3) is 0 Å². The van der Waals surface area contributed by atoms with Gasteiger partial charge in [0, 0.05) is 5.69 Å². The Morgan fingerprint density at radius 1 is 1.50 bits per heavy atom. The highest BCUT2D eigenvalue weighted by Crippen LogP contribution is 2.16. The lowest BCUT2D eigenvalue weighted by molar-refractivity contribution is 0.478. The molecule has 0 unspecified atom stereocenters. The Labute approximate surface area is 81.8 Å². The van der Waals surface area contributed by atoms with E-state index in [1.165, 1.54) is 0 Å². The van der Waals surface area contributed by atoms with E-state index >= 15 is 0 Å². The van der Waals surface area contributed by atoms with Crippen molar-refractivity contribution in [3.05, 3.63) is 22.9 Å². The Morgan fingerprint density at radius 3 is 2.50 bits per heavy atom. The van der Waals surface area contributed by atoms with Crippen LogP contribution in [-0.4, -0.2) is 18.0 Å². The average Bonchev–Trinajstić information content (AvgIpc) is 2.01. The molecule has 6 heteroatoms. The van der Waals surface area contributed by atoms with Crippen molar-refractivity contribution >= 4 is 10.1 Å². The van der Waals surface area contributed by atoms with E-state index in [0.717, 1.165) is 0 Å². The van der Waals surface area contributed by atoms with Crippen molar-refractivity contribution in [3.8, 4) is 6.07 Å². The number of pyridine rings is 1. The van der Waals surface area contributed by atoms with Crippen molar-refractivity contribution in [3.63, 3.8) is 0 Å². The molecule has 1 N–H and O–H groups in total. The van der Waals surface area contributed by atoms with Gasteiger partial charge in [-0.1, -0.05) is 0 Å². The maximum atomic E-state index is 10.9. The van der Waals surface area contributed by atoms with Crippen molar-refractivity contribution in [1.29, 1.82) is 5.26 Å². The van der Waals surface area contributed by atoms with Crippen LogP contribution in [0.2, 0.25) is 0 Å². The second kappa shape index (κ2) is 3.36. The summed E-state index contributed by atoms with van der Waals surface area (Å²) in [4.78, 5) is 3.62. The summed E-state index contributed by atoms with van der Waals surface area (Å²) in [6, 6.07) is 3.27. The van der Waals surface area contributed by atoms with Crippen molar-refractivity contribution in [1.82, 2.24) is 4.98 Å². The third-order valence-corrected chi connectivity index (χ3v) is 2.45. The highest BCUT2D eigenvalue weighted by molar-refractivity contribution is 7.85. The molecule has 0 amide bonds. The summed E-state index contributed by atoms with van der Waals surface area (Å²) < 4.78 is 30.5. The van der Waals surface area contributed by atoms with Gasteiger partial charge in [0.2, 0.25) is 5.03 Å². The van der Waals surface area contributed by atoms with Crippen molar-refractivity contribution in [2.75, 3.05) is 0 Å². The second-order valence-corrected chi connectivity index (χ2v) is 4.18. The Bertz CT molecular complexity index is 514. The smallest absolute Gasteiger partial charge is 0.281 e. The van der Waals surface area contributed by atoms with Gasteiger partial charge in [-0.2, -0.15) is 13.7 Å². The predicted molar refractivity (Wildman–Crippen MR) is 48.2 cm³/mol. The molecule has 0 saturated carbocycles. The molecule has 5 nitrogen and oxygen atoms in total. The van der Waals surface area contributed by atoms with E-state index in [4.69, 9.17) is 9.81 Å². The van der Waals surface area contributed by atoms with Crippen LogP contribution in [0.1, 0.15) is 16.8 Å². The normalized spacial score (nSPS) is 11.0. The summed E-state index contributed by atoms with van der Waals surface area (Å²) in [5.41, 5.74) is 0.805. The third kappa shape index (κ3) is 1.89. The van der Waals surface area contributed by atoms with Gasteiger partial charge in [-0.05, 0) is 25.5 Å². The van der Waals surface area contributed by atoms with Crippen LogP contribution in [0, 0.1) is 25.2 Å². The summed E-state index contributed by atoms with van der Waals surface area (Å²) in [6.45, 7) is 3.17. The first-order valence-electron chi connectivity index (χ1n) is 3.72. The fourth-order valence-corrected chi connectivity index (χ4v) is 1.85. The number of rotatable bonds is 1. The van der Waals surface area contributed by atoms with E-state index in [-0.39, 0.29) is 5.56 Å². The first kappa shape index (κ1) is 10.6. The molecular formula is C8H8N2O3S. The molecule has 0 spiro atoms. The van der Waals surface area contributed by atoms with Crippen LogP contribution in [-0.2, 0) is 10.1 Å². The fourth-order valence-electron chi connectivity index (χ4n) is 1.13. The second-order valence-electron chi connectivity index (χ2n) is 2.85. The third-order valence-electron chi connectivity index (χ3n) is 1.67. The molecule has 0 bridgehead atoms. The highest BCUT2D eigenvalue weighted by Gasteiger charge is 2.19. The first-order chi connectivity index (χ1) is 6.36. The highest BCUT2D eigenvalue weighted by atomic mass is 32.2. The summed E-state index contributed by atoms with van der Waals surface area (Å²) in [5.74, 6) is 0.